The van der Waals surface area contributed by atoms with Crippen molar-refractivity contribution < 1.29 is 15.0 Å². The third-order valence-electron chi connectivity index (χ3n) is 4.59. The fourth-order valence-corrected chi connectivity index (χ4v) is 2.94. The lowest BCUT2D eigenvalue weighted by atomic mass is 10.0. The molecule has 0 aliphatic rings. The summed E-state index contributed by atoms with van der Waals surface area (Å²) in [5, 5.41) is 17.6. The van der Waals surface area contributed by atoms with Crippen LogP contribution in [0.2, 0.25) is 0 Å². The van der Waals surface area contributed by atoms with E-state index in [9.17, 15) is 4.79 Å². The van der Waals surface area contributed by atoms with Crippen LogP contribution in [0.15, 0.2) is 24.8 Å². The first-order valence-corrected chi connectivity index (χ1v) is 10.3. The monoisotopic (exact) mass is 352 g/mol. The summed E-state index contributed by atoms with van der Waals surface area (Å²) in [7, 11) is 0. The average molecular weight is 353 g/mol. The molecule has 0 aliphatic heterocycles. The standard InChI is InChI=1S/C22H40O3/c1-2-3-4-5-6-7-8-9-10-11-12-13-14-15-16-17-18-19-20-21(23)22(24)25/h2,18-19,21,23H,1,3-17,20H2,(H,24,25). The van der Waals surface area contributed by atoms with Crippen LogP contribution in [-0.4, -0.2) is 22.3 Å². The molecule has 0 saturated heterocycles. The summed E-state index contributed by atoms with van der Waals surface area (Å²) in [6.07, 6.45) is 24.3. The van der Waals surface area contributed by atoms with E-state index in [1.807, 2.05) is 12.2 Å². The molecule has 0 aromatic rings. The van der Waals surface area contributed by atoms with Crippen LogP contribution in [0.25, 0.3) is 0 Å². The van der Waals surface area contributed by atoms with Gasteiger partial charge in [-0.05, 0) is 25.7 Å². The number of allylic oxidation sites excluding steroid dienone is 2. The number of unbranched alkanes of at least 4 members (excludes halogenated alkanes) is 14. The van der Waals surface area contributed by atoms with Gasteiger partial charge in [-0.2, -0.15) is 0 Å². The van der Waals surface area contributed by atoms with Gasteiger partial charge in [0.05, 0.1) is 0 Å². The molecule has 1 atom stereocenters. The second-order valence-electron chi connectivity index (χ2n) is 7.02. The third kappa shape index (κ3) is 19.1. The zero-order valence-electron chi connectivity index (χ0n) is 16.1. The van der Waals surface area contributed by atoms with E-state index in [2.05, 4.69) is 6.58 Å². The topological polar surface area (TPSA) is 57.5 Å². The number of rotatable bonds is 19. The van der Waals surface area contributed by atoms with E-state index in [1.165, 1.54) is 83.5 Å². The van der Waals surface area contributed by atoms with Crippen molar-refractivity contribution in [3.63, 3.8) is 0 Å². The molecule has 3 heteroatoms. The molecular formula is C22H40O3. The van der Waals surface area contributed by atoms with Gasteiger partial charge in [0.15, 0.2) is 6.10 Å². The molecule has 0 fully saturated rings. The van der Waals surface area contributed by atoms with Crippen LogP contribution < -0.4 is 0 Å². The molecule has 0 heterocycles. The van der Waals surface area contributed by atoms with E-state index in [1.54, 1.807) is 6.08 Å². The van der Waals surface area contributed by atoms with Crippen LogP contribution in [-0.2, 0) is 4.79 Å². The van der Waals surface area contributed by atoms with Crippen molar-refractivity contribution in [1.82, 2.24) is 0 Å². The molecule has 0 spiro atoms. The first-order chi connectivity index (χ1) is 12.2. The Bertz CT molecular complexity index is 336. The largest absolute Gasteiger partial charge is 0.479 e. The second-order valence-corrected chi connectivity index (χ2v) is 7.02. The molecule has 0 rings (SSSR count). The number of carboxylic acid groups (broad SMARTS) is 1. The quantitative estimate of drug-likeness (QED) is 0.208. The molecule has 0 saturated carbocycles. The Morgan fingerprint density at radius 1 is 0.720 bits per heavy atom. The molecule has 0 aromatic carbocycles. The minimum absolute atomic E-state index is 0.212. The van der Waals surface area contributed by atoms with E-state index in [-0.39, 0.29) is 6.42 Å². The van der Waals surface area contributed by atoms with Crippen molar-refractivity contribution in [2.45, 2.75) is 109 Å². The predicted molar refractivity (Wildman–Crippen MR) is 107 cm³/mol. The Labute approximate surface area is 155 Å². The van der Waals surface area contributed by atoms with Gasteiger partial charge in [0, 0.05) is 6.42 Å². The van der Waals surface area contributed by atoms with Gasteiger partial charge in [-0.3, -0.25) is 0 Å². The fraction of sp³-hybridized carbons (Fsp3) is 0.773. The zero-order chi connectivity index (χ0) is 18.6. The van der Waals surface area contributed by atoms with Crippen molar-refractivity contribution >= 4 is 5.97 Å². The van der Waals surface area contributed by atoms with Crippen LogP contribution in [0.3, 0.4) is 0 Å². The minimum atomic E-state index is -1.26. The highest BCUT2D eigenvalue weighted by atomic mass is 16.4. The fourth-order valence-electron chi connectivity index (χ4n) is 2.94. The van der Waals surface area contributed by atoms with E-state index in [4.69, 9.17) is 10.2 Å². The Hall–Kier alpha value is -1.09. The van der Waals surface area contributed by atoms with Crippen molar-refractivity contribution in [3.8, 4) is 0 Å². The van der Waals surface area contributed by atoms with Crippen LogP contribution >= 0.6 is 0 Å². The van der Waals surface area contributed by atoms with E-state index in [0.717, 1.165) is 12.8 Å². The average Bonchev–Trinajstić information content (AvgIpc) is 2.60. The summed E-state index contributed by atoms with van der Waals surface area (Å²) >= 11 is 0. The summed E-state index contributed by atoms with van der Waals surface area (Å²) in [5.74, 6) is -1.15. The van der Waals surface area contributed by atoms with Crippen molar-refractivity contribution in [2.75, 3.05) is 0 Å². The summed E-state index contributed by atoms with van der Waals surface area (Å²) in [5.41, 5.74) is 0. The number of hydrogen-bond acceptors (Lipinski definition) is 2. The summed E-state index contributed by atoms with van der Waals surface area (Å²) < 4.78 is 0. The highest BCUT2D eigenvalue weighted by Crippen LogP contribution is 2.13. The number of aliphatic hydroxyl groups is 1. The number of carboxylic acids is 1. The highest BCUT2D eigenvalue weighted by molar-refractivity contribution is 5.72. The van der Waals surface area contributed by atoms with Crippen molar-refractivity contribution in [1.29, 1.82) is 0 Å². The maximum Gasteiger partial charge on any atom is 0.332 e. The zero-order valence-corrected chi connectivity index (χ0v) is 16.1. The number of hydrogen-bond donors (Lipinski definition) is 2. The lowest BCUT2D eigenvalue weighted by molar-refractivity contribution is -0.146. The highest BCUT2D eigenvalue weighted by Gasteiger charge is 2.09. The van der Waals surface area contributed by atoms with Gasteiger partial charge in [-0.25, -0.2) is 4.79 Å². The Kier molecular flexibility index (Phi) is 18.4. The Morgan fingerprint density at radius 3 is 1.52 bits per heavy atom. The lowest BCUT2D eigenvalue weighted by Gasteiger charge is -2.03. The van der Waals surface area contributed by atoms with Crippen LogP contribution in [0.1, 0.15) is 103 Å². The molecule has 25 heavy (non-hydrogen) atoms. The molecule has 0 amide bonds. The number of aliphatic hydroxyl groups excluding tert-OH is 1. The van der Waals surface area contributed by atoms with Crippen molar-refractivity contribution in [2.24, 2.45) is 0 Å². The third-order valence-corrected chi connectivity index (χ3v) is 4.59. The van der Waals surface area contributed by atoms with Gasteiger partial charge in [0.25, 0.3) is 0 Å². The molecule has 2 N–H and O–H groups in total. The molecular weight excluding hydrogens is 312 g/mol. The van der Waals surface area contributed by atoms with Gasteiger partial charge in [-0.1, -0.05) is 88.9 Å². The van der Waals surface area contributed by atoms with Crippen molar-refractivity contribution in [3.05, 3.63) is 24.8 Å². The maximum absolute atomic E-state index is 10.4. The van der Waals surface area contributed by atoms with Crippen LogP contribution in [0, 0.1) is 0 Å². The first kappa shape index (κ1) is 23.9. The van der Waals surface area contributed by atoms with Gasteiger partial charge < -0.3 is 10.2 Å². The van der Waals surface area contributed by atoms with E-state index in [0.29, 0.717) is 0 Å². The molecule has 0 bridgehead atoms. The van der Waals surface area contributed by atoms with Gasteiger partial charge in [0.2, 0.25) is 0 Å². The van der Waals surface area contributed by atoms with Gasteiger partial charge >= 0.3 is 5.97 Å². The SMILES string of the molecule is C=CCCCCCCCCCCCCCCCC=CCC(O)C(=O)O. The number of aliphatic carboxylic acids is 1. The normalized spacial score (nSPS) is 12.5. The summed E-state index contributed by atoms with van der Waals surface area (Å²) in [6, 6.07) is 0. The van der Waals surface area contributed by atoms with Gasteiger partial charge in [-0.15, -0.1) is 6.58 Å². The Balaban J connectivity index is 3.13. The minimum Gasteiger partial charge on any atom is -0.479 e. The summed E-state index contributed by atoms with van der Waals surface area (Å²) in [6.45, 7) is 3.75. The lowest BCUT2D eigenvalue weighted by Crippen LogP contribution is -2.17. The van der Waals surface area contributed by atoms with E-state index < -0.39 is 12.1 Å². The van der Waals surface area contributed by atoms with E-state index >= 15 is 0 Å². The molecule has 1 unspecified atom stereocenters. The number of carbonyl (C=O) groups is 1. The second kappa shape index (κ2) is 19.2. The maximum atomic E-state index is 10.4. The van der Waals surface area contributed by atoms with Gasteiger partial charge in [0.1, 0.15) is 0 Å². The smallest absolute Gasteiger partial charge is 0.332 e. The summed E-state index contributed by atoms with van der Waals surface area (Å²) in [4.78, 5) is 10.4. The predicted octanol–water partition coefficient (Wildman–Crippen LogP) is 6.42. The first-order valence-electron chi connectivity index (χ1n) is 10.3. The van der Waals surface area contributed by atoms with Crippen LogP contribution in [0.4, 0.5) is 0 Å². The molecule has 146 valence electrons. The molecule has 0 aromatic heterocycles. The molecule has 0 aliphatic carbocycles. The molecule has 0 radical (unpaired) electrons. The van der Waals surface area contributed by atoms with Crippen LogP contribution in [0.5, 0.6) is 0 Å². The molecule has 3 nitrogen and oxygen atoms in total. The Morgan fingerprint density at radius 2 is 1.12 bits per heavy atom.